The predicted octanol–water partition coefficient (Wildman–Crippen LogP) is 3.24. The second-order valence-corrected chi connectivity index (χ2v) is 5.63. The van der Waals surface area contributed by atoms with E-state index in [1.165, 1.54) is 12.8 Å². The number of rotatable bonds is 7. The van der Waals surface area contributed by atoms with Gasteiger partial charge in [0.05, 0.1) is 14.2 Å². The van der Waals surface area contributed by atoms with Gasteiger partial charge in [-0.3, -0.25) is 4.79 Å². The zero-order valence-electron chi connectivity index (χ0n) is 13.4. The minimum Gasteiger partial charge on any atom is -0.497 e. The molecule has 0 saturated heterocycles. The molecule has 1 fully saturated rings. The summed E-state index contributed by atoms with van der Waals surface area (Å²) in [6.07, 6.45) is 3.00. The van der Waals surface area contributed by atoms with Crippen LogP contribution < -0.4 is 9.47 Å². The highest BCUT2D eigenvalue weighted by Crippen LogP contribution is 2.36. The zero-order valence-corrected chi connectivity index (χ0v) is 13.4. The van der Waals surface area contributed by atoms with Crippen molar-refractivity contribution in [2.45, 2.75) is 45.7 Å². The van der Waals surface area contributed by atoms with E-state index in [0.717, 1.165) is 17.1 Å². The van der Waals surface area contributed by atoms with Gasteiger partial charge in [-0.2, -0.15) is 0 Å². The van der Waals surface area contributed by atoms with Gasteiger partial charge in [0, 0.05) is 30.6 Å². The third kappa shape index (κ3) is 3.69. The maximum Gasteiger partial charge on any atom is 0.222 e. The monoisotopic (exact) mass is 291 g/mol. The van der Waals surface area contributed by atoms with Gasteiger partial charge in [-0.1, -0.05) is 6.92 Å². The molecule has 0 radical (unpaired) electrons. The third-order valence-corrected chi connectivity index (χ3v) is 4.25. The predicted molar refractivity (Wildman–Crippen MR) is 82.6 cm³/mol. The van der Waals surface area contributed by atoms with Crippen LogP contribution in [0.5, 0.6) is 11.5 Å². The number of hydrogen-bond acceptors (Lipinski definition) is 3. The Bertz CT molecular complexity index is 497. The van der Waals surface area contributed by atoms with E-state index in [-0.39, 0.29) is 5.91 Å². The summed E-state index contributed by atoms with van der Waals surface area (Å²) < 4.78 is 10.7. The van der Waals surface area contributed by atoms with Crippen LogP contribution in [0.25, 0.3) is 0 Å². The van der Waals surface area contributed by atoms with Gasteiger partial charge in [-0.25, -0.2) is 0 Å². The summed E-state index contributed by atoms with van der Waals surface area (Å²) in [6.45, 7) is 4.67. The Morgan fingerprint density at radius 1 is 1.33 bits per heavy atom. The van der Waals surface area contributed by atoms with Crippen molar-refractivity contribution in [2.75, 3.05) is 14.2 Å². The third-order valence-electron chi connectivity index (χ3n) is 4.25. The van der Waals surface area contributed by atoms with E-state index in [0.29, 0.717) is 24.9 Å². The summed E-state index contributed by atoms with van der Waals surface area (Å²) in [5, 5.41) is 0. The van der Waals surface area contributed by atoms with Crippen LogP contribution in [-0.4, -0.2) is 31.1 Å². The number of carbonyl (C=O) groups is 1. The van der Waals surface area contributed by atoms with E-state index < -0.39 is 0 Å². The van der Waals surface area contributed by atoms with Crippen molar-refractivity contribution in [2.24, 2.45) is 5.92 Å². The van der Waals surface area contributed by atoms with Crippen LogP contribution in [0.2, 0.25) is 0 Å². The first-order valence-electron chi connectivity index (χ1n) is 7.61. The Morgan fingerprint density at radius 2 is 2.05 bits per heavy atom. The Hall–Kier alpha value is -1.71. The smallest absolute Gasteiger partial charge is 0.222 e. The lowest BCUT2D eigenvalue weighted by Gasteiger charge is -2.30. The number of ether oxygens (including phenoxy) is 2. The summed E-state index contributed by atoms with van der Waals surface area (Å²) in [5.74, 6) is 2.39. The average molecular weight is 291 g/mol. The zero-order chi connectivity index (χ0) is 15.4. The fraction of sp³-hybridized carbons (Fsp3) is 0.588. The number of carbonyl (C=O) groups excluding carboxylic acids is 1. The molecule has 0 heterocycles. The Kier molecular flexibility index (Phi) is 5.10. The highest BCUT2D eigenvalue weighted by molar-refractivity contribution is 5.76. The topological polar surface area (TPSA) is 38.8 Å². The molecule has 21 heavy (non-hydrogen) atoms. The minimum atomic E-state index is 0.201. The normalized spacial score (nSPS) is 15.4. The largest absolute Gasteiger partial charge is 0.497 e. The van der Waals surface area contributed by atoms with Crippen LogP contribution >= 0.6 is 0 Å². The van der Waals surface area contributed by atoms with Gasteiger partial charge >= 0.3 is 0 Å². The van der Waals surface area contributed by atoms with Gasteiger partial charge in [0.25, 0.3) is 0 Å². The molecule has 0 bridgehead atoms. The molecule has 2 rings (SSSR count). The molecule has 0 N–H and O–H groups in total. The fourth-order valence-corrected chi connectivity index (χ4v) is 2.66. The van der Waals surface area contributed by atoms with Crippen molar-refractivity contribution < 1.29 is 14.3 Å². The minimum absolute atomic E-state index is 0.201. The molecule has 0 spiro atoms. The van der Waals surface area contributed by atoms with Gasteiger partial charge in [0.1, 0.15) is 11.5 Å². The van der Waals surface area contributed by atoms with Gasteiger partial charge in [0.15, 0.2) is 0 Å². The fourth-order valence-electron chi connectivity index (χ4n) is 2.66. The van der Waals surface area contributed by atoms with Crippen LogP contribution in [0.15, 0.2) is 18.2 Å². The van der Waals surface area contributed by atoms with Gasteiger partial charge in [-0.05, 0) is 37.8 Å². The van der Waals surface area contributed by atoms with Crippen molar-refractivity contribution in [3.05, 3.63) is 23.8 Å². The molecule has 0 aliphatic heterocycles. The van der Waals surface area contributed by atoms with E-state index >= 15 is 0 Å². The molecule has 0 aromatic heterocycles. The van der Waals surface area contributed by atoms with Crippen molar-refractivity contribution >= 4 is 5.91 Å². The standard InChI is InChI=1S/C17H25NO3/c1-5-17(19)18(12(2)13-6-7-13)11-14-8-9-15(20-3)10-16(14)21-4/h8-10,12-13H,5-7,11H2,1-4H3/t12-/m0/s1. The second-order valence-electron chi connectivity index (χ2n) is 5.63. The first-order valence-corrected chi connectivity index (χ1v) is 7.61. The molecular formula is C17H25NO3. The second kappa shape index (κ2) is 6.83. The number of methoxy groups -OCH3 is 2. The van der Waals surface area contributed by atoms with E-state index in [4.69, 9.17) is 9.47 Å². The maximum atomic E-state index is 12.3. The highest BCUT2D eigenvalue weighted by atomic mass is 16.5. The SMILES string of the molecule is CCC(=O)N(Cc1ccc(OC)cc1OC)[C@@H](C)C1CC1. The van der Waals surface area contributed by atoms with Crippen molar-refractivity contribution in [3.63, 3.8) is 0 Å². The van der Waals surface area contributed by atoms with Crippen molar-refractivity contribution in [1.29, 1.82) is 0 Å². The first-order chi connectivity index (χ1) is 10.1. The van der Waals surface area contributed by atoms with Crippen molar-refractivity contribution in [1.82, 2.24) is 4.90 Å². The van der Waals surface area contributed by atoms with Crippen LogP contribution in [-0.2, 0) is 11.3 Å². The quantitative estimate of drug-likeness (QED) is 0.774. The molecule has 4 nitrogen and oxygen atoms in total. The number of hydrogen-bond donors (Lipinski definition) is 0. The van der Waals surface area contributed by atoms with E-state index in [2.05, 4.69) is 6.92 Å². The lowest BCUT2D eigenvalue weighted by molar-refractivity contribution is -0.134. The molecule has 1 aliphatic carbocycles. The molecule has 1 saturated carbocycles. The summed E-state index contributed by atoms with van der Waals surface area (Å²) in [5.41, 5.74) is 1.02. The first kappa shape index (κ1) is 15.7. The van der Waals surface area contributed by atoms with Gasteiger partial charge < -0.3 is 14.4 Å². The summed E-state index contributed by atoms with van der Waals surface area (Å²) >= 11 is 0. The van der Waals surface area contributed by atoms with E-state index in [1.807, 2.05) is 30.0 Å². The molecule has 116 valence electrons. The molecule has 0 unspecified atom stereocenters. The summed E-state index contributed by atoms with van der Waals surface area (Å²) in [6, 6.07) is 6.05. The van der Waals surface area contributed by atoms with Crippen LogP contribution in [0, 0.1) is 5.92 Å². The number of amides is 1. The number of benzene rings is 1. The summed E-state index contributed by atoms with van der Waals surface area (Å²) in [7, 11) is 3.28. The lowest BCUT2D eigenvalue weighted by Crippen LogP contribution is -2.39. The maximum absolute atomic E-state index is 12.3. The Morgan fingerprint density at radius 3 is 2.57 bits per heavy atom. The van der Waals surface area contributed by atoms with Crippen LogP contribution in [0.3, 0.4) is 0 Å². The Balaban J connectivity index is 2.21. The Labute approximate surface area is 127 Å². The van der Waals surface area contributed by atoms with E-state index in [9.17, 15) is 4.79 Å². The molecule has 1 aromatic rings. The molecule has 1 atom stereocenters. The molecule has 1 amide bonds. The van der Waals surface area contributed by atoms with Crippen LogP contribution in [0.1, 0.15) is 38.7 Å². The molecule has 4 heteroatoms. The number of nitrogens with zero attached hydrogens (tertiary/aromatic N) is 1. The van der Waals surface area contributed by atoms with Crippen LogP contribution in [0.4, 0.5) is 0 Å². The van der Waals surface area contributed by atoms with Crippen molar-refractivity contribution in [3.8, 4) is 11.5 Å². The highest BCUT2D eigenvalue weighted by Gasteiger charge is 2.34. The summed E-state index contributed by atoms with van der Waals surface area (Å²) in [4.78, 5) is 14.3. The molecule has 1 aromatic carbocycles. The molecule has 1 aliphatic rings. The van der Waals surface area contributed by atoms with E-state index in [1.54, 1.807) is 14.2 Å². The average Bonchev–Trinajstić information content (AvgIpc) is 3.36. The van der Waals surface area contributed by atoms with Gasteiger partial charge in [-0.15, -0.1) is 0 Å². The lowest BCUT2D eigenvalue weighted by atomic mass is 10.1. The van der Waals surface area contributed by atoms with Gasteiger partial charge in [0.2, 0.25) is 5.91 Å². The molecular weight excluding hydrogens is 266 g/mol.